The van der Waals surface area contributed by atoms with E-state index in [4.69, 9.17) is 5.11 Å². The summed E-state index contributed by atoms with van der Waals surface area (Å²) in [5.74, 6) is -0.664. The summed E-state index contributed by atoms with van der Waals surface area (Å²) in [5, 5.41) is 9.16. The minimum absolute atomic E-state index is 0.188. The molecule has 1 fully saturated rings. The highest BCUT2D eigenvalue weighted by molar-refractivity contribution is 5.67. The quantitative estimate of drug-likeness (QED) is 0.727. The third-order valence-corrected chi connectivity index (χ3v) is 4.41. The van der Waals surface area contributed by atoms with Crippen LogP contribution in [-0.2, 0) is 4.79 Å². The van der Waals surface area contributed by atoms with E-state index in [9.17, 15) is 4.79 Å². The maximum Gasteiger partial charge on any atom is 0.304 e. The number of hydrogen-bond donors (Lipinski definition) is 1. The fraction of sp³-hybridized carbons (Fsp3) is 0.941. The summed E-state index contributed by atoms with van der Waals surface area (Å²) in [6.07, 6.45) is 6.28. The summed E-state index contributed by atoms with van der Waals surface area (Å²) in [4.78, 5) is 13.5. The van der Waals surface area contributed by atoms with E-state index in [-0.39, 0.29) is 17.9 Å². The van der Waals surface area contributed by atoms with E-state index in [0.29, 0.717) is 5.41 Å². The van der Waals surface area contributed by atoms with Crippen LogP contribution in [0.3, 0.4) is 0 Å². The Kier molecular flexibility index (Phi) is 6.06. The SMILES string of the molecule is CCCC1(CCC)CN(C(CC(=O)O)CC(C)(C)C)C1. The van der Waals surface area contributed by atoms with Gasteiger partial charge in [0.25, 0.3) is 0 Å². The van der Waals surface area contributed by atoms with Crippen molar-refractivity contribution in [3.05, 3.63) is 0 Å². The molecule has 3 nitrogen and oxygen atoms in total. The van der Waals surface area contributed by atoms with Crippen molar-refractivity contribution in [2.75, 3.05) is 13.1 Å². The molecule has 1 atom stereocenters. The lowest BCUT2D eigenvalue weighted by atomic mass is 9.71. The van der Waals surface area contributed by atoms with Crippen LogP contribution in [0.5, 0.6) is 0 Å². The second kappa shape index (κ2) is 6.93. The van der Waals surface area contributed by atoms with Crippen molar-refractivity contribution >= 4 is 5.97 Å². The lowest BCUT2D eigenvalue weighted by Crippen LogP contribution is -2.60. The maximum absolute atomic E-state index is 11.1. The third-order valence-electron chi connectivity index (χ3n) is 4.41. The molecule has 0 saturated carbocycles. The van der Waals surface area contributed by atoms with E-state index in [1.165, 1.54) is 25.7 Å². The molecule has 20 heavy (non-hydrogen) atoms. The highest BCUT2D eigenvalue weighted by Crippen LogP contribution is 2.42. The van der Waals surface area contributed by atoms with Crippen LogP contribution in [0, 0.1) is 10.8 Å². The summed E-state index contributed by atoms with van der Waals surface area (Å²) in [6.45, 7) is 13.3. The van der Waals surface area contributed by atoms with E-state index in [2.05, 4.69) is 39.5 Å². The Bertz CT molecular complexity index is 305. The van der Waals surface area contributed by atoms with Crippen LogP contribution in [-0.4, -0.2) is 35.1 Å². The van der Waals surface area contributed by atoms with Gasteiger partial charge in [-0.15, -0.1) is 0 Å². The zero-order valence-electron chi connectivity index (χ0n) is 14.0. The second-order valence-corrected chi connectivity index (χ2v) is 7.92. The average Bonchev–Trinajstić information content (AvgIpc) is 2.21. The summed E-state index contributed by atoms with van der Waals surface area (Å²) in [7, 11) is 0. The Morgan fingerprint density at radius 3 is 2.05 bits per heavy atom. The van der Waals surface area contributed by atoms with Crippen LogP contribution < -0.4 is 0 Å². The summed E-state index contributed by atoms with van der Waals surface area (Å²) in [5.41, 5.74) is 0.659. The Morgan fingerprint density at radius 2 is 1.70 bits per heavy atom. The Morgan fingerprint density at radius 1 is 1.20 bits per heavy atom. The molecule has 0 bridgehead atoms. The first-order chi connectivity index (χ1) is 9.21. The minimum Gasteiger partial charge on any atom is -0.481 e. The number of carboxylic acid groups (broad SMARTS) is 1. The normalized spacial score (nSPS) is 20.4. The number of rotatable bonds is 8. The van der Waals surface area contributed by atoms with Gasteiger partial charge in [0.1, 0.15) is 0 Å². The highest BCUT2D eigenvalue weighted by Gasteiger charge is 2.44. The fourth-order valence-electron chi connectivity index (χ4n) is 3.81. The molecule has 0 radical (unpaired) electrons. The number of aliphatic carboxylic acids is 1. The molecule has 1 N–H and O–H groups in total. The molecule has 0 aromatic carbocycles. The number of likely N-dealkylation sites (tertiary alicyclic amines) is 1. The first-order valence-electron chi connectivity index (χ1n) is 8.17. The molecule has 0 spiro atoms. The van der Waals surface area contributed by atoms with E-state index in [1.54, 1.807) is 0 Å². The average molecular weight is 283 g/mol. The van der Waals surface area contributed by atoms with Gasteiger partial charge in [-0.25, -0.2) is 0 Å². The van der Waals surface area contributed by atoms with Crippen molar-refractivity contribution < 1.29 is 9.90 Å². The fourth-order valence-corrected chi connectivity index (χ4v) is 3.81. The first kappa shape index (κ1) is 17.5. The Hall–Kier alpha value is -0.570. The number of nitrogens with zero attached hydrogens (tertiary/aromatic N) is 1. The predicted molar refractivity (Wildman–Crippen MR) is 83.9 cm³/mol. The summed E-state index contributed by atoms with van der Waals surface area (Å²) >= 11 is 0. The van der Waals surface area contributed by atoms with E-state index in [1.807, 2.05) is 0 Å². The van der Waals surface area contributed by atoms with Crippen molar-refractivity contribution in [2.45, 2.75) is 79.2 Å². The molecule has 1 aliphatic heterocycles. The van der Waals surface area contributed by atoms with Crippen LogP contribution in [0.25, 0.3) is 0 Å². The molecule has 1 aliphatic rings. The van der Waals surface area contributed by atoms with Gasteiger partial charge in [-0.05, 0) is 30.1 Å². The van der Waals surface area contributed by atoms with Crippen LogP contribution >= 0.6 is 0 Å². The van der Waals surface area contributed by atoms with Gasteiger partial charge in [-0.3, -0.25) is 9.69 Å². The largest absolute Gasteiger partial charge is 0.481 e. The molecule has 1 heterocycles. The van der Waals surface area contributed by atoms with Crippen molar-refractivity contribution in [2.24, 2.45) is 10.8 Å². The van der Waals surface area contributed by atoms with Gasteiger partial charge in [-0.1, -0.05) is 47.5 Å². The van der Waals surface area contributed by atoms with E-state index < -0.39 is 5.97 Å². The van der Waals surface area contributed by atoms with Gasteiger partial charge in [0.15, 0.2) is 0 Å². The van der Waals surface area contributed by atoms with Gasteiger partial charge in [-0.2, -0.15) is 0 Å². The maximum atomic E-state index is 11.1. The van der Waals surface area contributed by atoms with Crippen LogP contribution in [0.15, 0.2) is 0 Å². The molecule has 118 valence electrons. The van der Waals surface area contributed by atoms with Crippen LogP contribution in [0.1, 0.15) is 73.1 Å². The standard InChI is InChI=1S/C17H33NO2/c1-6-8-17(9-7-2)12-18(13-17)14(10-15(19)20)11-16(3,4)5/h14H,6-13H2,1-5H3,(H,19,20). The van der Waals surface area contributed by atoms with Gasteiger partial charge in [0.05, 0.1) is 6.42 Å². The predicted octanol–water partition coefficient (Wildman–Crippen LogP) is 4.17. The van der Waals surface area contributed by atoms with Crippen molar-refractivity contribution in [1.82, 2.24) is 4.90 Å². The highest BCUT2D eigenvalue weighted by atomic mass is 16.4. The molecule has 0 amide bonds. The number of carboxylic acids is 1. The molecule has 1 rings (SSSR count). The molecular formula is C17H33NO2. The lowest BCUT2D eigenvalue weighted by molar-refractivity contribution is -0.141. The molecule has 1 unspecified atom stereocenters. The zero-order valence-corrected chi connectivity index (χ0v) is 14.0. The van der Waals surface area contributed by atoms with Gasteiger partial charge >= 0.3 is 5.97 Å². The van der Waals surface area contributed by atoms with Crippen molar-refractivity contribution in [1.29, 1.82) is 0 Å². The topological polar surface area (TPSA) is 40.5 Å². The van der Waals surface area contributed by atoms with Crippen molar-refractivity contribution in [3.63, 3.8) is 0 Å². The molecular weight excluding hydrogens is 250 g/mol. The minimum atomic E-state index is -0.664. The molecule has 0 aromatic heterocycles. The Labute approximate surface area is 124 Å². The van der Waals surface area contributed by atoms with E-state index >= 15 is 0 Å². The van der Waals surface area contributed by atoms with Gasteiger partial charge in [0, 0.05) is 19.1 Å². The van der Waals surface area contributed by atoms with Crippen molar-refractivity contribution in [3.8, 4) is 0 Å². The third kappa shape index (κ3) is 5.08. The monoisotopic (exact) mass is 283 g/mol. The van der Waals surface area contributed by atoms with Crippen LogP contribution in [0.4, 0.5) is 0 Å². The number of carbonyl (C=O) groups is 1. The Balaban J connectivity index is 2.64. The van der Waals surface area contributed by atoms with Crippen LogP contribution in [0.2, 0.25) is 0 Å². The first-order valence-corrected chi connectivity index (χ1v) is 8.17. The molecule has 0 aromatic rings. The lowest BCUT2D eigenvalue weighted by Gasteiger charge is -2.54. The van der Waals surface area contributed by atoms with Gasteiger partial charge < -0.3 is 5.11 Å². The summed E-state index contributed by atoms with van der Waals surface area (Å²) in [6, 6.07) is 0.203. The molecule has 1 saturated heterocycles. The molecule has 0 aliphatic carbocycles. The van der Waals surface area contributed by atoms with E-state index in [0.717, 1.165) is 19.5 Å². The smallest absolute Gasteiger partial charge is 0.304 e. The summed E-state index contributed by atoms with van der Waals surface area (Å²) < 4.78 is 0. The zero-order chi connectivity index (χ0) is 15.4. The molecule has 3 heteroatoms. The number of hydrogen-bond acceptors (Lipinski definition) is 2. The second-order valence-electron chi connectivity index (χ2n) is 7.92. The van der Waals surface area contributed by atoms with Gasteiger partial charge in [0.2, 0.25) is 0 Å².